The summed E-state index contributed by atoms with van der Waals surface area (Å²) in [6, 6.07) is 32.3. The number of carbonyl (C=O) groups is 1. The fourth-order valence-corrected chi connectivity index (χ4v) is 5.06. The zero-order chi connectivity index (χ0) is 24.7. The molecule has 0 aliphatic carbocycles. The largest absolute Gasteiger partial charge is 0.351 e. The van der Waals surface area contributed by atoms with E-state index >= 15 is 0 Å². The van der Waals surface area contributed by atoms with Crippen molar-refractivity contribution in [3.8, 4) is 0 Å². The van der Waals surface area contributed by atoms with Gasteiger partial charge in [-0.1, -0.05) is 91.5 Å². The van der Waals surface area contributed by atoms with Gasteiger partial charge in [-0.25, -0.2) is 9.97 Å². The van der Waals surface area contributed by atoms with Crippen molar-refractivity contribution in [2.75, 3.05) is 6.54 Å². The number of thioether (sulfide) groups is 1. The number of rotatable bonds is 9. The summed E-state index contributed by atoms with van der Waals surface area (Å²) >= 11 is 1.68. The summed E-state index contributed by atoms with van der Waals surface area (Å²) in [5.41, 5.74) is 6.03. The first kappa shape index (κ1) is 23.8. The third-order valence-electron chi connectivity index (χ3n) is 6.17. The van der Waals surface area contributed by atoms with Gasteiger partial charge in [0.1, 0.15) is 5.52 Å². The highest BCUT2D eigenvalue weighted by Crippen LogP contribution is 2.27. The minimum Gasteiger partial charge on any atom is -0.351 e. The monoisotopic (exact) mass is 492 g/mol. The summed E-state index contributed by atoms with van der Waals surface area (Å²) in [6.45, 7) is 3.44. The van der Waals surface area contributed by atoms with Crippen molar-refractivity contribution in [1.29, 1.82) is 0 Å². The molecule has 180 valence electrons. The standard InChI is InChI=1S/C30H28N4OS/c1-22(25-11-6-3-7-12-25)19-32-29(35)26-16-14-24(15-17-26)21-36-30-33-27-13-8-18-31-28(27)34(30)20-23-9-4-2-5-10-23/h2-18,22H,19-21H2,1H3,(H,32,35). The lowest BCUT2D eigenvalue weighted by Gasteiger charge is -2.13. The predicted octanol–water partition coefficient (Wildman–Crippen LogP) is 6.31. The van der Waals surface area contributed by atoms with Crippen LogP contribution < -0.4 is 5.32 Å². The summed E-state index contributed by atoms with van der Waals surface area (Å²) in [5, 5.41) is 3.99. The summed E-state index contributed by atoms with van der Waals surface area (Å²) in [6.07, 6.45) is 1.81. The van der Waals surface area contributed by atoms with E-state index in [0.717, 1.165) is 34.2 Å². The first-order chi connectivity index (χ1) is 17.7. The maximum absolute atomic E-state index is 12.7. The van der Waals surface area contributed by atoms with E-state index in [9.17, 15) is 4.79 Å². The summed E-state index contributed by atoms with van der Waals surface area (Å²) < 4.78 is 2.17. The Kier molecular flexibility index (Phi) is 7.43. The van der Waals surface area contributed by atoms with E-state index in [1.54, 1.807) is 11.8 Å². The highest BCUT2D eigenvalue weighted by Gasteiger charge is 2.14. The normalized spacial score (nSPS) is 11.9. The number of imidazole rings is 1. The maximum Gasteiger partial charge on any atom is 0.251 e. The SMILES string of the molecule is CC(CNC(=O)c1ccc(CSc2nc3cccnc3n2Cc2ccccc2)cc1)c1ccccc1. The Morgan fingerprint density at radius 1 is 0.889 bits per heavy atom. The van der Waals surface area contributed by atoms with Gasteiger partial charge in [0, 0.05) is 24.1 Å². The topological polar surface area (TPSA) is 59.8 Å². The van der Waals surface area contributed by atoms with E-state index in [2.05, 4.69) is 58.2 Å². The number of aromatic nitrogens is 3. The lowest BCUT2D eigenvalue weighted by molar-refractivity contribution is 0.0951. The van der Waals surface area contributed by atoms with Crippen LogP contribution in [-0.2, 0) is 12.3 Å². The Morgan fingerprint density at radius 2 is 1.61 bits per heavy atom. The molecule has 1 unspecified atom stereocenters. The van der Waals surface area contributed by atoms with Crippen LogP contribution in [0, 0.1) is 0 Å². The maximum atomic E-state index is 12.7. The molecule has 3 aromatic carbocycles. The molecular formula is C30H28N4OS. The molecule has 2 heterocycles. The van der Waals surface area contributed by atoms with Gasteiger partial charge in [0.2, 0.25) is 0 Å². The summed E-state index contributed by atoms with van der Waals surface area (Å²) in [7, 11) is 0. The molecule has 1 amide bonds. The van der Waals surface area contributed by atoms with Gasteiger partial charge in [-0.3, -0.25) is 9.36 Å². The molecule has 1 atom stereocenters. The third kappa shape index (κ3) is 5.66. The smallest absolute Gasteiger partial charge is 0.251 e. The molecule has 5 rings (SSSR count). The Bertz CT molecular complexity index is 1430. The van der Waals surface area contributed by atoms with Gasteiger partial charge in [-0.15, -0.1) is 0 Å². The van der Waals surface area contributed by atoms with Gasteiger partial charge in [0.25, 0.3) is 5.91 Å². The number of benzene rings is 3. The van der Waals surface area contributed by atoms with Gasteiger partial charge in [0.15, 0.2) is 10.8 Å². The molecule has 0 aliphatic heterocycles. The molecule has 0 aliphatic rings. The average Bonchev–Trinajstić information content (AvgIpc) is 3.28. The second kappa shape index (κ2) is 11.2. The van der Waals surface area contributed by atoms with Crippen LogP contribution >= 0.6 is 11.8 Å². The fraction of sp³-hybridized carbons (Fsp3) is 0.167. The van der Waals surface area contributed by atoms with Crippen molar-refractivity contribution in [1.82, 2.24) is 19.9 Å². The molecule has 0 bridgehead atoms. The van der Waals surface area contributed by atoms with Crippen LogP contribution in [0.3, 0.4) is 0 Å². The van der Waals surface area contributed by atoms with E-state index in [0.29, 0.717) is 12.1 Å². The Hall–Kier alpha value is -3.90. The molecule has 0 saturated heterocycles. The minimum atomic E-state index is -0.0484. The predicted molar refractivity (Wildman–Crippen MR) is 146 cm³/mol. The number of carbonyl (C=O) groups excluding carboxylic acids is 1. The Morgan fingerprint density at radius 3 is 2.36 bits per heavy atom. The van der Waals surface area contributed by atoms with Crippen molar-refractivity contribution < 1.29 is 4.79 Å². The molecule has 0 radical (unpaired) electrons. The zero-order valence-corrected chi connectivity index (χ0v) is 21.0. The van der Waals surface area contributed by atoms with Gasteiger partial charge >= 0.3 is 0 Å². The number of hydrogen-bond acceptors (Lipinski definition) is 4. The number of amides is 1. The highest BCUT2D eigenvalue weighted by atomic mass is 32.2. The van der Waals surface area contributed by atoms with Crippen LogP contribution in [0.15, 0.2) is 108 Å². The van der Waals surface area contributed by atoms with E-state index in [1.807, 2.05) is 66.9 Å². The van der Waals surface area contributed by atoms with Crippen LogP contribution in [0.4, 0.5) is 0 Å². The van der Waals surface area contributed by atoms with Gasteiger partial charge < -0.3 is 5.32 Å². The number of hydrogen-bond donors (Lipinski definition) is 1. The molecule has 6 heteroatoms. The van der Waals surface area contributed by atoms with Crippen molar-refractivity contribution in [3.63, 3.8) is 0 Å². The number of nitrogens with zero attached hydrogens (tertiary/aromatic N) is 3. The van der Waals surface area contributed by atoms with Crippen LogP contribution in [-0.4, -0.2) is 27.0 Å². The summed E-state index contributed by atoms with van der Waals surface area (Å²) in [5.74, 6) is 0.966. The van der Waals surface area contributed by atoms with Crippen molar-refractivity contribution in [2.45, 2.75) is 30.3 Å². The van der Waals surface area contributed by atoms with Gasteiger partial charge in [-0.05, 0) is 46.9 Å². The Labute approximate surface area is 215 Å². The van der Waals surface area contributed by atoms with E-state index in [-0.39, 0.29) is 11.8 Å². The van der Waals surface area contributed by atoms with Crippen molar-refractivity contribution in [2.24, 2.45) is 0 Å². The van der Waals surface area contributed by atoms with E-state index in [1.165, 1.54) is 11.1 Å². The molecule has 5 aromatic rings. The van der Waals surface area contributed by atoms with Crippen LogP contribution in [0.1, 0.15) is 39.9 Å². The molecule has 36 heavy (non-hydrogen) atoms. The first-order valence-electron chi connectivity index (χ1n) is 12.1. The molecule has 0 spiro atoms. The number of pyridine rings is 1. The summed E-state index contributed by atoms with van der Waals surface area (Å²) in [4.78, 5) is 22.1. The lowest BCUT2D eigenvalue weighted by atomic mass is 10.0. The second-order valence-electron chi connectivity index (χ2n) is 8.82. The fourth-order valence-electron chi connectivity index (χ4n) is 4.10. The molecular weight excluding hydrogens is 464 g/mol. The molecule has 0 saturated carbocycles. The van der Waals surface area contributed by atoms with Crippen LogP contribution in [0.25, 0.3) is 11.2 Å². The molecule has 1 N–H and O–H groups in total. The van der Waals surface area contributed by atoms with Crippen molar-refractivity contribution >= 4 is 28.8 Å². The first-order valence-corrected chi connectivity index (χ1v) is 13.1. The molecule has 5 nitrogen and oxygen atoms in total. The third-order valence-corrected chi connectivity index (χ3v) is 7.22. The number of fused-ring (bicyclic) bond motifs is 1. The molecule has 0 fully saturated rings. The van der Waals surface area contributed by atoms with Crippen LogP contribution in [0.5, 0.6) is 0 Å². The quantitative estimate of drug-likeness (QED) is 0.245. The minimum absolute atomic E-state index is 0.0484. The van der Waals surface area contributed by atoms with Crippen molar-refractivity contribution in [3.05, 3.63) is 126 Å². The second-order valence-corrected chi connectivity index (χ2v) is 9.76. The van der Waals surface area contributed by atoms with E-state index in [4.69, 9.17) is 4.98 Å². The zero-order valence-electron chi connectivity index (χ0n) is 20.2. The lowest BCUT2D eigenvalue weighted by Crippen LogP contribution is -2.27. The van der Waals surface area contributed by atoms with Gasteiger partial charge in [-0.2, -0.15) is 0 Å². The average molecular weight is 493 g/mol. The van der Waals surface area contributed by atoms with Crippen LogP contribution in [0.2, 0.25) is 0 Å². The van der Waals surface area contributed by atoms with E-state index < -0.39 is 0 Å². The number of nitrogens with one attached hydrogen (secondary N) is 1. The Balaban J connectivity index is 1.23. The highest BCUT2D eigenvalue weighted by molar-refractivity contribution is 7.98. The molecule has 2 aromatic heterocycles. The van der Waals surface area contributed by atoms with Gasteiger partial charge in [0.05, 0.1) is 6.54 Å².